The minimum Gasteiger partial charge on any atom is -0.718 e. The van der Waals surface area contributed by atoms with Gasteiger partial charge in [-0.3, -0.25) is 0 Å². The van der Waals surface area contributed by atoms with Crippen LogP contribution < -0.4 is 0 Å². The fourth-order valence-electron chi connectivity index (χ4n) is 0.296. The molecule has 0 radical (unpaired) electrons. The Morgan fingerprint density at radius 1 is 1.88 bits per heavy atom. The highest BCUT2D eigenvalue weighted by molar-refractivity contribution is 14.1. The minimum absolute atomic E-state index is 0.0635. The van der Waals surface area contributed by atoms with E-state index in [0.29, 0.717) is 10.2 Å². The number of hydrogen-bond donors (Lipinski definition) is 0. The molecule has 0 saturated carbocycles. The van der Waals surface area contributed by atoms with Gasteiger partial charge in [0.2, 0.25) is 0 Å². The smallest absolute Gasteiger partial charge is 0.174 e. The molecule has 0 aromatic carbocycles. The van der Waals surface area contributed by atoms with Crippen molar-refractivity contribution < 1.29 is 9.68 Å². The van der Waals surface area contributed by atoms with Crippen molar-refractivity contribution in [3.05, 3.63) is 17.2 Å². The zero-order chi connectivity index (χ0) is 5.98. The first kappa shape index (κ1) is 6.12. The van der Waals surface area contributed by atoms with E-state index in [1.807, 2.05) is 0 Å². The summed E-state index contributed by atoms with van der Waals surface area (Å²) in [6.07, 6.45) is 1.28. The molecule has 0 unspecified atom stereocenters. The lowest BCUT2D eigenvalue weighted by Gasteiger charge is -2.16. The highest BCUT2D eigenvalue weighted by Gasteiger charge is 2.05. The molecular formula is C3H3INO3-. The first-order chi connectivity index (χ1) is 3.83. The van der Waals surface area contributed by atoms with Gasteiger partial charge in [-0.05, 0) is 5.39 Å². The molecule has 8 heavy (non-hydrogen) atoms. The maximum Gasteiger partial charge on any atom is 0.174 e. The van der Waals surface area contributed by atoms with Crippen molar-refractivity contribution in [2.45, 2.75) is 0 Å². The van der Waals surface area contributed by atoms with Gasteiger partial charge in [-0.15, -0.1) is 0 Å². The lowest BCUT2D eigenvalue weighted by Crippen LogP contribution is -2.06. The minimum atomic E-state index is 0.0635. The SMILES string of the molecule is [O-]N1OC=C(CI)O1. The molecule has 1 aliphatic heterocycles. The molecule has 46 valence electrons. The number of allylic oxidation sites excluding steroid dienone is 1. The third-order valence-corrected chi connectivity index (χ3v) is 1.35. The summed E-state index contributed by atoms with van der Waals surface area (Å²) >= 11 is 2.06. The van der Waals surface area contributed by atoms with E-state index in [2.05, 4.69) is 32.3 Å². The van der Waals surface area contributed by atoms with Gasteiger partial charge >= 0.3 is 0 Å². The summed E-state index contributed by atoms with van der Waals surface area (Å²) in [7, 11) is 0. The lowest BCUT2D eigenvalue weighted by atomic mass is 10.7. The van der Waals surface area contributed by atoms with Gasteiger partial charge in [-0.2, -0.15) is 0 Å². The zero-order valence-electron chi connectivity index (χ0n) is 3.83. The van der Waals surface area contributed by atoms with Crippen molar-refractivity contribution in [2.24, 2.45) is 0 Å². The Balaban J connectivity index is 2.37. The van der Waals surface area contributed by atoms with Crippen LogP contribution in [-0.2, 0) is 9.68 Å². The summed E-state index contributed by atoms with van der Waals surface area (Å²) < 4.78 is 0.649. The van der Waals surface area contributed by atoms with Crippen LogP contribution in [0.4, 0.5) is 0 Å². The second kappa shape index (κ2) is 2.51. The molecule has 0 N–H and O–H groups in total. The Morgan fingerprint density at radius 2 is 2.62 bits per heavy atom. The number of rotatable bonds is 1. The van der Waals surface area contributed by atoms with Crippen molar-refractivity contribution >= 4 is 22.6 Å². The van der Waals surface area contributed by atoms with Gasteiger partial charge in [-0.1, -0.05) is 22.6 Å². The molecule has 0 bridgehead atoms. The largest absolute Gasteiger partial charge is 0.718 e. The van der Waals surface area contributed by atoms with E-state index in [1.54, 1.807) is 0 Å². The molecule has 1 rings (SSSR count). The highest BCUT2D eigenvalue weighted by Crippen LogP contribution is 2.12. The van der Waals surface area contributed by atoms with Gasteiger partial charge < -0.3 is 14.9 Å². The van der Waals surface area contributed by atoms with Crippen molar-refractivity contribution in [1.29, 1.82) is 0 Å². The summed E-state index contributed by atoms with van der Waals surface area (Å²) in [6, 6.07) is 0. The standard InChI is InChI=1S/C3H3INO3/c4-1-3-2-7-5(6)8-3/h2H,1H2/q-1. The maximum absolute atomic E-state index is 10.0. The van der Waals surface area contributed by atoms with Crippen molar-refractivity contribution in [3.8, 4) is 0 Å². The van der Waals surface area contributed by atoms with Crippen LogP contribution in [-0.4, -0.2) is 9.82 Å². The fraction of sp³-hybridized carbons (Fsp3) is 0.333. The van der Waals surface area contributed by atoms with Crippen LogP contribution in [0.15, 0.2) is 12.0 Å². The zero-order valence-corrected chi connectivity index (χ0v) is 5.99. The first-order valence-corrected chi connectivity index (χ1v) is 3.42. The van der Waals surface area contributed by atoms with Gasteiger partial charge in [-0.25, -0.2) is 0 Å². The van der Waals surface area contributed by atoms with Gasteiger partial charge in [0.05, 0.1) is 4.43 Å². The average Bonchev–Trinajstić information content (AvgIpc) is 2.14. The molecule has 0 aromatic heterocycles. The molecule has 0 aliphatic carbocycles. The summed E-state index contributed by atoms with van der Waals surface area (Å²) in [5.74, 6) is 0.542. The van der Waals surface area contributed by atoms with Crippen LogP contribution in [0.25, 0.3) is 0 Å². The maximum atomic E-state index is 10.0. The summed E-state index contributed by atoms with van der Waals surface area (Å²) in [4.78, 5) is 8.66. The van der Waals surface area contributed by atoms with Crippen molar-refractivity contribution in [3.63, 3.8) is 0 Å². The quantitative estimate of drug-likeness (QED) is 0.494. The molecule has 0 fully saturated rings. The van der Waals surface area contributed by atoms with Gasteiger partial charge in [0.15, 0.2) is 12.0 Å². The number of halogens is 1. The fourth-order valence-corrected chi connectivity index (χ4v) is 0.616. The molecule has 0 amide bonds. The summed E-state index contributed by atoms with van der Waals surface area (Å²) in [6.45, 7) is 0. The Hall–Kier alpha value is -0.0100. The third-order valence-electron chi connectivity index (χ3n) is 0.594. The number of hydrogen-bond acceptors (Lipinski definition) is 4. The Labute approximate surface area is 59.7 Å². The van der Waals surface area contributed by atoms with Gasteiger partial charge in [0.25, 0.3) is 0 Å². The van der Waals surface area contributed by atoms with E-state index in [4.69, 9.17) is 0 Å². The Kier molecular flexibility index (Phi) is 1.92. The number of alkyl halides is 1. The Morgan fingerprint density at radius 3 is 2.88 bits per heavy atom. The second-order valence-corrected chi connectivity index (χ2v) is 1.90. The summed E-state index contributed by atoms with van der Waals surface area (Å²) in [5.41, 5.74) is 0. The molecule has 1 aliphatic rings. The van der Waals surface area contributed by atoms with E-state index < -0.39 is 0 Å². The van der Waals surface area contributed by atoms with Crippen LogP contribution in [0.5, 0.6) is 0 Å². The predicted octanol–water partition coefficient (Wildman–Crippen LogP) is 0.939. The van der Waals surface area contributed by atoms with Crippen LogP contribution in [0.3, 0.4) is 0 Å². The summed E-state index contributed by atoms with van der Waals surface area (Å²) in [5, 5.41) is 10.1. The van der Waals surface area contributed by atoms with Crippen molar-refractivity contribution in [2.75, 3.05) is 4.43 Å². The van der Waals surface area contributed by atoms with E-state index in [1.165, 1.54) is 6.26 Å². The van der Waals surface area contributed by atoms with E-state index >= 15 is 0 Å². The predicted molar refractivity (Wildman–Crippen MR) is 34.3 cm³/mol. The molecule has 0 aromatic rings. The van der Waals surface area contributed by atoms with E-state index in [0.717, 1.165) is 0 Å². The molecule has 4 nitrogen and oxygen atoms in total. The van der Waals surface area contributed by atoms with E-state index in [9.17, 15) is 5.21 Å². The molecule has 5 heteroatoms. The third kappa shape index (κ3) is 1.23. The van der Waals surface area contributed by atoms with Crippen LogP contribution in [0.2, 0.25) is 0 Å². The molecule has 0 atom stereocenters. The molecule has 0 saturated heterocycles. The van der Waals surface area contributed by atoms with Gasteiger partial charge in [0, 0.05) is 0 Å². The monoisotopic (exact) mass is 228 g/mol. The molecule has 0 spiro atoms. The first-order valence-electron chi connectivity index (χ1n) is 1.90. The number of nitrogens with zero attached hydrogens (tertiary/aromatic N) is 1. The average molecular weight is 228 g/mol. The van der Waals surface area contributed by atoms with Gasteiger partial charge in [0.1, 0.15) is 0 Å². The molecular weight excluding hydrogens is 225 g/mol. The van der Waals surface area contributed by atoms with E-state index in [-0.39, 0.29) is 5.39 Å². The van der Waals surface area contributed by atoms with Crippen LogP contribution in [0, 0.1) is 5.21 Å². The second-order valence-electron chi connectivity index (χ2n) is 1.14. The lowest BCUT2D eigenvalue weighted by molar-refractivity contribution is -0.250. The van der Waals surface area contributed by atoms with Crippen molar-refractivity contribution in [1.82, 2.24) is 5.39 Å². The topological polar surface area (TPSA) is 44.8 Å². The highest BCUT2D eigenvalue weighted by atomic mass is 127. The van der Waals surface area contributed by atoms with Crippen LogP contribution in [0.1, 0.15) is 0 Å². The van der Waals surface area contributed by atoms with Crippen LogP contribution >= 0.6 is 22.6 Å². The Bertz CT molecular complexity index is 115. The normalized spacial score (nSPS) is 19.5. The molecule has 1 heterocycles.